The predicted molar refractivity (Wildman–Crippen MR) is 79.4 cm³/mol. The van der Waals surface area contributed by atoms with E-state index >= 15 is 0 Å². The maximum atomic E-state index is 11.8. The number of aliphatic hydroxyl groups is 1. The van der Waals surface area contributed by atoms with Gasteiger partial charge in [0.05, 0.1) is 5.60 Å². The molecule has 1 unspecified atom stereocenters. The second-order valence-electron chi connectivity index (χ2n) is 5.23. The van der Waals surface area contributed by atoms with E-state index in [1.54, 1.807) is 11.8 Å². The number of nitrogens with one attached hydrogen (secondary N) is 1. The molecular formula is C15H21NO2S. The van der Waals surface area contributed by atoms with Crippen LogP contribution in [-0.4, -0.2) is 34.7 Å². The van der Waals surface area contributed by atoms with Crippen LogP contribution in [-0.2, 0) is 11.2 Å². The van der Waals surface area contributed by atoms with Crippen molar-refractivity contribution < 1.29 is 9.90 Å². The summed E-state index contributed by atoms with van der Waals surface area (Å²) >= 11 is 1.74. The van der Waals surface area contributed by atoms with Crippen molar-refractivity contribution in [3.05, 3.63) is 35.4 Å². The van der Waals surface area contributed by atoms with Crippen LogP contribution in [0.15, 0.2) is 24.3 Å². The van der Waals surface area contributed by atoms with Crippen molar-refractivity contribution in [2.24, 2.45) is 0 Å². The van der Waals surface area contributed by atoms with Crippen LogP contribution in [0.25, 0.3) is 0 Å². The van der Waals surface area contributed by atoms with E-state index in [1.807, 2.05) is 12.1 Å². The molecule has 1 aliphatic rings. The molecule has 2 N–H and O–H groups in total. The third-order valence-corrected chi connectivity index (χ3v) is 4.81. The van der Waals surface area contributed by atoms with E-state index in [9.17, 15) is 9.90 Å². The Morgan fingerprint density at radius 3 is 2.95 bits per heavy atom. The fraction of sp³-hybridized carbons (Fsp3) is 0.533. The summed E-state index contributed by atoms with van der Waals surface area (Å²) in [4.78, 5) is 11.8. The number of benzene rings is 1. The summed E-state index contributed by atoms with van der Waals surface area (Å²) in [7, 11) is 0. The van der Waals surface area contributed by atoms with Gasteiger partial charge in [0.25, 0.3) is 0 Å². The quantitative estimate of drug-likeness (QED) is 0.865. The zero-order valence-electron chi connectivity index (χ0n) is 11.3. The van der Waals surface area contributed by atoms with Crippen molar-refractivity contribution in [2.75, 3.05) is 18.1 Å². The van der Waals surface area contributed by atoms with Gasteiger partial charge in [-0.3, -0.25) is 4.79 Å². The minimum Gasteiger partial charge on any atom is -0.387 e. The van der Waals surface area contributed by atoms with Gasteiger partial charge in [0.1, 0.15) is 0 Å². The molecule has 1 fully saturated rings. The Hall–Kier alpha value is -1.00. The Morgan fingerprint density at radius 2 is 2.26 bits per heavy atom. The van der Waals surface area contributed by atoms with Gasteiger partial charge in [-0.1, -0.05) is 24.3 Å². The largest absolute Gasteiger partial charge is 0.387 e. The summed E-state index contributed by atoms with van der Waals surface area (Å²) in [5.41, 5.74) is 1.75. The second-order valence-corrected chi connectivity index (χ2v) is 6.34. The number of hydrogen-bond acceptors (Lipinski definition) is 3. The van der Waals surface area contributed by atoms with Crippen molar-refractivity contribution in [1.82, 2.24) is 5.32 Å². The van der Waals surface area contributed by atoms with E-state index in [4.69, 9.17) is 0 Å². The summed E-state index contributed by atoms with van der Waals surface area (Å²) in [5.74, 6) is 1.73. The van der Waals surface area contributed by atoms with Crippen LogP contribution >= 0.6 is 11.8 Å². The Morgan fingerprint density at radius 1 is 1.47 bits per heavy atom. The highest BCUT2D eigenvalue weighted by atomic mass is 32.2. The fourth-order valence-corrected chi connectivity index (χ4v) is 3.52. The topological polar surface area (TPSA) is 49.3 Å². The first-order valence-electron chi connectivity index (χ1n) is 6.70. The van der Waals surface area contributed by atoms with Gasteiger partial charge in [-0.05, 0) is 36.6 Å². The van der Waals surface area contributed by atoms with Crippen molar-refractivity contribution in [3.63, 3.8) is 0 Å². The first kappa shape index (κ1) is 14.4. The summed E-state index contributed by atoms with van der Waals surface area (Å²) in [6.07, 6.45) is 2.01. The van der Waals surface area contributed by atoms with Gasteiger partial charge in [0.2, 0.25) is 5.91 Å². The summed E-state index contributed by atoms with van der Waals surface area (Å²) in [6.45, 7) is 2.44. The van der Waals surface area contributed by atoms with Crippen molar-refractivity contribution in [3.8, 4) is 0 Å². The molecule has 0 aliphatic carbocycles. The molecule has 0 spiro atoms. The average Bonchev–Trinajstić information content (AvgIpc) is 2.83. The normalized spacial score (nSPS) is 22.4. The number of carbonyl (C=O) groups is 1. The first-order valence-corrected chi connectivity index (χ1v) is 7.86. The van der Waals surface area contributed by atoms with E-state index in [1.165, 1.54) is 11.1 Å². The molecule has 2 rings (SSSR count). The second kappa shape index (κ2) is 6.44. The molecular weight excluding hydrogens is 258 g/mol. The summed E-state index contributed by atoms with van der Waals surface area (Å²) in [6, 6.07) is 8.13. The molecule has 1 aliphatic heterocycles. The lowest BCUT2D eigenvalue weighted by Gasteiger charge is -2.21. The molecule has 1 amide bonds. The molecule has 0 bridgehead atoms. The first-order chi connectivity index (χ1) is 9.09. The van der Waals surface area contributed by atoms with Gasteiger partial charge in [-0.25, -0.2) is 0 Å². The van der Waals surface area contributed by atoms with Crippen molar-refractivity contribution in [1.29, 1.82) is 0 Å². The number of thioether (sulfide) groups is 1. The molecule has 1 aromatic rings. The van der Waals surface area contributed by atoms with Crippen LogP contribution < -0.4 is 5.32 Å². The Bertz CT molecular complexity index is 442. The van der Waals surface area contributed by atoms with Crippen LogP contribution in [0.1, 0.15) is 24.0 Å². The lowest BCUT2D eigenvalue weighted by atomic mass is 10.0. The number of aryl methyl sites for hydroxylation is 2. The standard InChI is InChI=1S/C15H21NO2S/c1-12-4-2-3-5-13(12)6-7-14(17)16-10-15(18)8-9-19-11-15/h2-5,18H,6-11H2,1H3,(H,16,17). The van der Waals surface area contributed by atoms with Gasteiger partial charge in [-0.15, -0.1) is 0 Å². The minimum atomic E-state index is -0.691. The monoisotopic (exact) mass is 279 g/mol. The Kier molecular flexibility index (Phi) is 4.88. The molecule has 3 nitrogen and oxygen atoms in total. The third kappa shape index (κ3) is 4.25. The minimum absolute atomic E-state index is 0.0218. The highest BCUT2D eigenvalue weighted by molar-refractivity contribution is 7.99. The summed E-state index contributed by atoms with van der Waals surface area (Å²) < 4.78 is 0. The molecule has 0 radical (unpaired) electrons. The molecule has 104 valence electrons. The van der Waals surface area contributed by atoms with E-state index in [0.29, 0.717) is 13.0 Å². The molecule has 1 atom stereocenters. The molecule has 0 saturated carbocycles. The smallest absolute Gasteiger partial charge is 0.220 e. The zero-order valence-corrected chi connectivity index (χ0v) is 12.1. The number of rotatable bonds is 5. The predicted octanol–water partition coefficient (Wildman–Crippen LogP) is 1.91. The SMILES string of the molecule is Cc1ccccc1CCC(=O)NCC1(O)CCSC1. The van der Waals surface area contributed by atoms with Gasteiger partial charge >= 0.3 is 0 Å². The highest BCUT2D eigenvalue weighted by Crippen LogP contribution is 2.26. The van der Waals surface area contributed by atoms with E-state index in [2.05, 4.69) is 24.4 Å². The lowest BCUT2D eigenvalue weighted by Crippen LogP contribution is -2.43. The maximum Gasteiger partial charge on any atom is 0.220 e. The molecule has 4 heteroatoms. The Balaban J connectivity index is 1.74. The number of hydrogen-bond donors (Lipinski definition) is 2. The summed E-state index contributed by atoms with van der Waals surface area (Å²) in [5, 5.41) is 13.0. The van der Waals surface area contributed by atoms with Crippen LogP contribution in [0.4, 0.5) is 0 Å². The van der Waals surface area contributed by atoms with Crippen LogP contribution in [0.3, 0.4) is 0 Å². The number of amides is 1. The number of carbonyl (C=O) groups excluding carboxylic acids is 1. The van der Waals surface area contributed by atoms with Gasteiger partial charge in [-0.2, -0.15) is 11.8 Å². The zero-order chi connectivity index (χ0) is 13.7. The molecule has 1 aromatic carbocycles. The van der Waals surface area contributed by atoms with Gasteiger partial charge < -0.3 is 10.4 Å². The molecule has 19 heavy (non-hydrogen) atoms. The van der Waals surface area contributed by atoms with Crippen LogP contribution in [0.5, 0.6) is 0 Å². The van der Waals surface area contributed by atoms with Crippen LogP contribution in [0, 0.1) is 6.92 Å². The van der Waals surface area contributed by atoms with E-state index in [-0.39, 0.29) is 5.91 Å². The molecule has 0 aromatic heterocycles. The van der Waals surface area contributed by atoms with Gasteiger partial charge in [0.15, 0.2) is 0 Å². The Labute approximate surface area is 118 Å². The highest BCUT2D eigenvalue weighted by Gasteiger charge is 2.31. The molecule has 1 saturated heterocycles. The lowest BCUT2D eigenvalue weighted by molar-refractivity contribution is -0.122. The van der Waals surface area contributed by atoms with Gasteiger partial charge in [0, 0.05) is 18.7 Å². The van der Waals surface area contributed by atoms with Crippen molar-refractivity contribution >= 4 is 17.7 Å². The maximum absolute atomic E-state index is 11.8. The van der Waals surface area contributed by atoms with E-state index < -0.39 is 5.60 Å². The third-order valence-electron chi connectivity index (χ3n) is 3.58. The average molecular weight is 279 g/mol. The van der Waals surface area contributed by atoms with E-state index in [0.717, 1.165) is 24.3 Å². The van der Waals surface area contributed by atoms with Crippen molar-refractivity contribution in [2.45, 2.75) is 31.8 Å². The fourth-order valence-electron chi connectivity index (χ4n) is 2.23. The molecule has 1 heterocycles. The van der Waals surface area contributed by atoms with Crippen LogP contribution in [0.2, 0.25) is 0 Å².